The van der Waals surface area contributed by atoms with Crippen LogP contribution in [0.1, 0.15) is 10.4 Å². The number of rotatable bonds is 6. The number of ether oxygens (including phenoxy) is 1. The Labute approximate surface area is 153 Å². The first kappa shape index (κ1) is 18.2. The van der Waals surface area contributed by atoms with E-state index in [2.05, 4.69) is 0 Å². The van der Waals surface area contributed by atoms with Gasteiger partial charge in [0.15, 0.2) is 12.4 Å². The van der Waals surface area contributed by atoms with Crippen LogP contribution in [0.15, 0.2) is 48.6 Å². The maximum Gasteiger partial charge on any atom is 0.326 e. The number of amides is 2. The minimum absolute atomic E-state index is 0.142. The number of carbonyl (C=O) groups excluding carboxylic acids is 4. The maximum atomic E-state index is 12.2. The third-order valence-corrected chi connectivity index (χ3v) is 4.29. The van der Waals surface area contributed by atoms with Gasteiger partial charge in [-0.05, 0) is 12.1 Å². The summed E-state index contributed by atoms with van der Waals surface area (Å²) in [7, 11) is 0. The molecule has 1 aliphatic carbocycles. The molecule has 9 heteroatoms. The van der Waals surface area contributed by atoms with Gasteiger partial charge < -0.3 is 4.74 Å². The van der Waals surface area contributed by atoms with Crippen LogP contribution in [0.4, 0.5) is 5.69 Å². The van der Waals surface area contributed by atoms with Gasteiger partial charge in [-0.3, -0.25) is 34.2 Å². The van der Waals surface area contributed by atoms with Crippen molar-refractivity contribution in [3.8, 4) is 0 Å². The van der Waals surface area contributed by atoms with Crippen molar-refractivity contribution in [1.82, 2.24) is 4.90 Å². The van der Waals surface area contributed by atoms with E-state index in [0.29, 0.717) is 0 Å². The number of fused-ring (bicyclic) bond motifs is 1. The molecule has 2 aliphatic rings. The average Bonchev–Trinajstić information content (AvgIpc) is 2.91. The van der Waals surface area contributed by atoms with E-state index in [9.17, 15) is 29.3 Å². The number of nitro groups is 1. The minimum Gasteiger partial charge on any atom is -0.456 e. The first-order valence-electron chi connectivity index (χ1n) is 8.02. The molecule has 1 aromatic carbocycles. The molecule has 0 unspecified atom stereocenters. The van der Waals surface area contributed by atoms with Crippen molar-refractivity contribution in [2.45, 2.75) is 0 Å². The van der Waals surface area contributed by atoms with Gasteiger partial charge in [0.2, 0.25) is 11.8 Å². The summed E-state index contributed by atoms with van der Waals surface area (Å²) in [5.74, 6) is -3.64. The molecule has 1 aromatic rings. The van der Waals surface area contributed by atoms with Gasteiger partial charge >= 0.3 is 5.97 Å². The highest BCUT2D eigenvalue weighted by molar-refractivity contribution is 6.09. The molecule has 0 radical (unpaired) electrons. The van der Waals surface area contributed by atoms with Crippen LogP contribution in [0.2, 0.25) is 0 Å². The molecule has 2 amide bonds. The molecule has 2 atom stereocenters. The predicted molar refractivity (Wildman–Crippen MR) is 90.4 cm³/mol. The first-order valence-corrected chi connectivity index (χ1v) is 8.02. The highest BCUT2D eigenvalue weighted by Gasteiger charge is 2.46. The molecule has 0 aromatic heterocycles. The molecular weight excluding hydrogens is 356 g/mol. The zero-order valence-corrected chi connectivity index (χ0v) is 13.9. The summed E-state index contributed by atoms with van der Waals surface area (Å²) in [6.45, 7) is -1.17. The van der Waals surface area contributed by atoms with Gasteiger partial charge in [0.25, 0.3) is 5.69 Å². The molecule has 0 bridgehead atoms. The van der Waals surface area contributed by atoms with E-state index >= 15 is 0 Å². The molecule has 1 fully saturated rings. The lowest BCUT2D eigenvalue weighted by Crippen LogP contribution is -2.37. The standard InChI is InChI=1S/C18H14N2O7/c21-15(11-5-7-12(8-6-11)20(25)26)10-27-16(22)9-19-17(23)13-3-1-2-4-14(13)18(19)24/h1-8,13-14H,9-10H2/t13-,14-/m0/s1. The van der Waals surface area contributed by atoms with Crippen LogP contribution in [0, 0.1) is 22.0 Å². The van der Waals surface area contributed by atoms with E-state index in [1.54, 1.807) is 24.3 Å². The molecule has 27 heavy (non-hydrogen) atoms. The lowest BCUT2D eigenvalue weighted by atomic mass is 9.91. The van der Waals surface area contributed by atoms with Crippen molar-refractivity contribution in [1.29, 1.82) is 0 Å². The fourth-order valence-corrected chi connectivity index (χ4v) is 2.88. The highest BCUT2D eigenvalue weighted by atomic mass is 16.6. The van der Waals surface area contributed by atoms with Gasteiger partial charge in [0.1, 0.15) is 6.54 Å². The summed E-state index contributed by atoms with van der Waals surface area (Å²) in [5.41, 5.74) is -0.0258. The first-order chi connectivity index (χ1) is 12.9. The SMILES string of the molecule is O=C(CN1C(=O)[C@H]2C=CC=C[C@@H]2C1=O)OCC(=O)c1ccc([N+](=O)[O-])cc1. The van der Waals surface area contributed by atoms with E-state index < -0.39 is 53.5 Å². The zero-order valence-electron chi connectivity index (χ0n) is 13.9. The van der Waals surface area contributed by atoms with E-state index in [1.165, 1.54) is 24.3 Å². The lowest BCUT2D eigenvalue weighted by molar-refractivity contribution is -0.384. The van der Waals surface area contributed by atoms with E-state index in [1.807, 2.05) is 0 Å². The second-order valence-electron chi connectivity index (χ2n) is 5.97. The van der Waals surface area contributed by atoms with Crippen molar-refractivity contribution < 1.29 is 28.8 Å². The summed E-state index contributed by atoms with van der Waals surface area (Å²) in [5, 5.41) is 10.6. The summed E-state index contributed by atoms with van der Waals surface area (Å²) >= 11 is 0. The van der Waals surface area contributed by atoms with Crippen LogP contribution in [0.5, 0.6) is 0 Å². The van der Waals surface area contributed by atoms with Crippen molar-refractivity contribution >= 4 is 29.3 Å². The molecule has 0 saturated carbocycles. The highest BCUT2D eigenvalue weighted by Crippen LogP contribution is 2.30. The van der Waals surface area contributed by atoms with Crippen LogP contribution < -0.4 is 0 Å². The molecule has 1 aliphatic heterocycles. The molecule has 138 valence electrons. The Morgan fingerprint density at radius 3 is 2.11 bits per heavy atom. The minimum atomic E-state index is -0.890. The van der Waals surface area contributed by atoms with E-state index in [-0.39, 0.29) is 11.3 Å². The monoisotopic (exact) mass is 370 g/mol. The predicted octanol–water partition coefficient (Wildman–Crippen LogP) is 1.05. The summed E-state index contributed by atoms with van der Waals surface area (Å²) < 4.78 is 4.84. The Bertz CT molecular complexity index is 855. The van der Waals surface area contributed by atoms with E-state index in [0.717, 1.165) is 4.90 Å². The quantitative estimate of drug-likeness (QED) is 0.241. The Morgan fingerprint density at radius 1 is 1.04 bits per heavy atom. The van der Waals surface area contributed by atoms with Gasteiger partial charge in [0, 0.05) is 17.7 Å². The average molecular weight is 370 g/mol. The second kappa shape index (κ2) is 7.32. The van der Waals surface area contributed by atoms with Crippen LogP contribution in [-0.2, 0) is 19.1 Å². The fraction of sp³-hybridized carbons (Fsp3) is 0.222. The van der Waals surface area contributed by atoms with Gasteiger partial charge in [-0.1, -0.05) is 24.3 Å². The number of nitro benzene ring substituents is 1. The largest absolute Gasteiger partial charge is 0.456 e. The Hall–Kier alpha value is -3.62. The van der Waals surface area contributed by atoms with Crippen molar-refractivity contribution in [3.63, 3.8) is 0 Å². The molecule has 0 spiro atoms. The molecular formula is C18H14N2O7. The van der Waals surface area contributed by atoms with Gasteiger partial charge in [-0.15, -0.1) is 0 Å². The number of carbonyl (C=O) groups is 4. The maximum absolute atomic E-state index is 12.2. The van der Waals surface area contributed by atoms with Crippen molar-refractivity contribution in [2.75, 3.05) is 13.2 Å². The third kappa shape index (κ3) is 3.66. The van der Waals surface area contributed by atoms with Crippen LogP contribution in [0.3, 0.4) is 0 Å². The Balaban J connectivity index is 1.55. The van der Waals surface area contributed by atoms with E-state index in [4.69, 9.17) is 4.74 Å². The number of likely N-dealkylation sites (tertiary alicyclic amines) is 1. The number of hydrogen-bond acceptors (Lipinski definition) is 7. The second-order valence-corrected chi connectivity index (χ2v) is 5.97. The fourth-order valence-electron chi connectivity index (χ4n) is 2.88. The topological polar surface area (TPSA) is 124 Å². The number of nitrogens with zero attached hydrogens (tertiary/aromatic N) is 2. The number of allylic oxidation sites excluding steroid dienone is 2. The van der Waals surface area contributed by atoms with Crippen LogP contribution in [-0.4, -0.2) is 46.5 Å². The van der Waals surface area contributed by atoms with Crippen molar-refractivity contribution in [3.05, 3.63) is 64.2 Å². The molecule has 1 saturated heterocycles. The number of non-ortho nitro benzene ring substituents is 1. The third-order valence-electron chi connectivity index (χ3n) is 4.29. The molecule has 9 nitrogen and oxygen atoms in total. The van der Waals surface area contributed by atoms with Crippen molar-refractivity contribution in [2.24, 2.45) is 11.8 Å². The summed E-state index contributed by atoms with van der Waals surface area (Å²) in [4.78, 5) is 59.2. The number of hydrogen-bond donors (Lipinski definition) is 0. The number of imide groups is 1. The Morgan fingerprint density at radius 2 is 1.59 bits per heavy atom. The molecule has 3 rings (SSSR count). The smallest absolute Gasteiger partial charge is 0.326 e. The Kier molecular flexibility index (Phi) is 4.93. The number of benzene rings is 1. The summed E-state index contributed by atoms with van der Waals surface area (Å²) in [6.07, 6.45) is 6.54. The number of Topliss-reactive ketones (excluding diaryl/α,β-unsaturated/α-hetero) is 1. The van der Waals surface area contributed by atoms with Gasteiger partial charge in [0.05, 0.1) is 16.8 Å². The van der Waals surface area contributed by atoms with Gasteiger partial charge in [-0.2, -0.15) is 0 Å². The van der Waals surface area contributed by atoms with Crippen LogP contribution >= 0.6 is 0 Å². The van der Waals surface area contributed by atoms with Crippen LogP contribution in [0.25, 0.3) is 0 Å². The van der Waals surface area contributed by atoms with Gasteiger partial charge in [-0.25, -0.2) is 0 Å². The normalized spacial score (nSPS) is 20.5. The zero-order chi connectivity index (χ0) is 19.6. The molecule has 1 heterocycles. The summed E-state index contributed by atoms with van der Waals surface area (Å²) in [6, 6.07) is 4.84. The number of esters is 1. The number of ketones is 1. The lowest BCUT2D eigenvalue weighted by Gasteiger charge is -2.13. The molecule has 0 N–H and O–H groups in total.